The molecule has 150 valence electrons. The summed E-state index contributed by atoms with van der Waals surface area (Å²) in [4.78, 5) is 12.4. The van der Waals surface area contributed by atoms with Gasteiger partial charge in [-0.3, -0.25) is 9.52 Å². The number of carbonyl (C=O) groups is 1. The van der Waals surface area contributed by atoms with Crippen LogP contribution in [-0.4, -0.2) is 14.3 Å². The highest BCUT2D eigenvalue weighted by molar-refractivity contribution is 7.98. The fourth-order valence-corrected chi connectivity index (χ4v) is 4.73. The maximum absolute atomic E-state index is 12.7. The molecule has 0 radical (unpaired) electrons. The minimum absolute atomic E-state index is 0.134. The zero-order valence-electron chi connectivity index (χ0n) is 16.2. The topological polar surface area (TPSA) is 75.3 Å². The smallest absolute Gasteiger partial charge is 0.261 e. The fourth-order valence-electron chi connectivity index (χ4n) is 2.74. The van der Waals surface area contributed by atoms with Gasteiger partial charge in [0.2, 0.25) is 5.91 Å². The van der Waals surface area contributed by atoms with E-state index in [1.807, 2.05) is 37.3 Å². The lowest BCUT2D eigenvalue weighted by molar-refractivity contribution is -0.114. The molecule has 0 bridgehead atoms. The third-order valence-electron chi connectivity index (χ3n) is 4.17. The van der Waals surface area contributed by atoms with Crippen molar-refractivity contribution in [3.63, 3.8) is 0 Å². The number of anilines is 2. The Morgan fingerprint density at radius 2 is 1.66 bits per heavy atom. The molecule has 0 fully saturated rings. The number of aryl methyl sites for hydroxylation is 1. The molecule has 0 aliphatic carbocycles. The van der Waals surface area contributed by atoms with Gasteiger partial charge in [-0.1, -0.05) is 30.3 Å². The van der Waals surface area contributed by atoms with E-state index in [2.05, 4.69) is 22.2 Å². The number of rotatable bonds is 7. The molecule has 1 amide bonds. The van der Waals surface area contributed by atoms with Crippen molar-refractivity contribution >= 4 is 39.1 Å². The van der Waals surface area contributed by atoms with Gasteiger partial charge in [-0.15, -0.1) is 11.8 Å². The highest BCUT2D eigenvalue weighted by atomic mass is 32.2. The fraction of sp³-hybridized carbons (Fsp3) is 0.136. The monoisotopic (exact) mass is 426 g/mol. The van der Waals surface area contributed by atoms with E-state index < -0.39 is 10.0 Å². The Labute approximate surface area is 175 Å². The van der Waals surface area contributed by atoms with Gasteiger partial charge in [0.1, 0.15) is 0 Å². The van der Waals surface area contributed by atoms with Crippen LogP contribution in [-0.2, 0) is 20.6 Å². The van der Waals surface area contributed by atoms with Crippen LogP contribution in [0.3, 0.4) is 0 Å². The van der Waals surface area contributed by atoms with Gasteiger partial charge < -0.3 is 5.32 Å². The molecule has 0 saturated carbocycles. The summed E-state index contributed by atoms with van der Waals surface area (Å²) in [5.74, 6) is 0.600. The molecule has 0 spiro atoms. The Bertz CT molecular complexity index is 1100. The second kappa shape index (κ2) is 9.15. The Hall–Kier alpha value is -2.77. The van der Waals surface area contributed by atoms with E-state index >= 15 is 0 Å². The van der Waals surface area contributed by atoms with Crippen molar-refractivity contribution in [3.8, 4) is 0 Å². The summed E-state index contributed by atoms with van der Waals surface area (Å²) in [5.41, 5.74) is 3.07. The van der Waals surface area contributed by atoms with Crippen molar-refractivity contribution in [3.05, 3.63) is 83.9 Å². The van der Waals surface area contributed by atoms with Crippen molar-refractivity contribution in [2.75, 3.05) is 10.0 Å². The van der Waals surface area contributed by atoms with Gasteiger partial charge in [0.25, 0.3) is 10.0 Å². The van der Waals surface area contributed by atoms with Crippen LogP contribution in [0.15, 0.2) is 82.6 Å². The first-order valence-corrected chi connectivity index (χ1v) is 11.5. The van der Waals surface area contributed by atoms with Crippen LogP contribution in [0.1, 0.15) is 18.1 Å². The molecule has 29 heavy (non-hydrogen) atoms. The molecule has 7 heteroatoms. The number of benzene rings is 3. The summed E-state index contributed by atoms with van der Waals surface area (Å²) >= 11 is 1.73. The Balaban J connectivity index is 1.69. The quantitative estimate of drug-likeness (QED) is 0.519. The van der Waals surface area contributed by atoms with Crippen LogP contribution in [0.25, 0.3) is 0 Å². The third kappa shape index (κ3) is 5.85. The van der Waals surface area contributed by atoms with Crippen molar-refractivity contribution in [2.24, 2.45) is 0 Å². The zero-order chi connectivity index (χ0) is 20.9. The van der Waals surface area contributed by atoms with Gasteiger partial charge in [0.05, 0.1) is 10.6 Å². The average molecular weight is 427 g/mol. The summed E-state index contributed by atoms with van der Waals surface area (Å²) in [5, 5.41) is 2.62. The van der Waals surface area contributed by atoms with E-state index in [1.165, 1.54) is 24.0 Å². The number of carbonyl (C=O) groups excluding carboxylic acids is 1. The molecular weight excluding hydrogens is 404 g/mol. The van der Waals surface area contributed by atoms with E-state index in [0.717, 1.165) is 16.9 Å². The first-order valence-electron chi connectivity index (χ1n) is 9.01. The Morgan fingerprint density at radius 1 is 0.966 bits per heavy atom. The summed E-state index contributed by atoms with van der Waals surface area (Å²) in [6.07, 6.45) is 0. The third-order valence-corrected chi connectivity index (χ3v) is 6.63. The molecule has 0 aromatic heterocycles. The highest BCUT2D eigenvalue weighted by Gasteiger charge is 2.15. The highest BCUT2D eigenvalue weighted by Crippen LogP contribution is 2.26. The molecule has 0 aliphatic heterocycles. The molecule has 0 heterocycles. The number of hydrogen-bond acceptors (Lipinski definition) is 4. The summed E-state index contributed by atoms with van der Waals surface area (Å²) in [6, 6.07) is 21.9. The minimum Gasteiger partial charge on any atom is -0.326 e. The molecular formula is C22H22N2O3S2. The summed E-state index contributed by atoms with van der Waals surface area (Å²) < 4.78 is 28.0. The molecule has 0 atom stereocenters. The maximum atomic E-state index is 12.7. The molecule has 2 N–H and O–H groups in total. The van der Waals surface area contributed by atoms with Crippen LogP contribution in [0.5, 0.6) is 0 Å². The molecule has 5 nitrogen and oxygen atoms in total. The van der Waals surface area contributed by atoms with E-state index in [0.29, 0.717) is 11.4 Å². The van der Waals surface area contributed by atoms with Crippen LogP contribution in [0.4, 0.5) is 11.4 Å². The minimum atomic E-state index is -3.72. The van der Waals surface area contributed by atoms with Gasteiger partial charge in [0, 0.05) is 23.3 Å². The van der Waals surface area contributed by atoms with Gasteiger partial charge in [-0.25, -0.2) is 8.42 Å². The van der Waals surface area contributed by atoms with E-state index in [4.69, 9.17) is 0 Å². The SMILES string of the molecule is CC(=O)Nc1ccc(S(=O)(=O)Nc2ccc(CSc3ccccc3)cc2C)cc1. The summed E-state index contributed by atoms with van der Waals surface area (Å²) in [6.45, 7) is 3.28. The van der Waals surface area contributed by atoms with Crippen LogP contribution in [0.2, 0.25) is 0 Å². The van der Waals surface area contributed by atoms with E-state index in [1.54, 1.807) is 30.0 Å². The van der Waals surface area contributed by atoms with Gasteiger partial charge >= 0.3 is 0 Å². The van der Waals surface area contributed by atoms with Crippen molar-refractivity contribution in [2.45, 2.75) is 29.4 Å². The van der Waals surface area contributed by atoms with E-state index in [9.17, 15) is 13.2 Å². The molecule has 0 unspecified atom stereocenters. The van der Waals surface area contributed by atoms with Gasteiger partial charge in [-0.05, 0) is 60.5 Å². The number of nitrogens with one attached hydrogen (secondary N) is 2. The van der Waals surface area contributed by atoms with Crippen molar-refractivity contribution in [1.82, 2.24) is 0 Å². The Morgan fingerprint density at radius 3 is 2.28 bits per heavy atom. The van der Waals surface area contributed by atoms with Crippen LogP contribution < -0.4 is 10.0 Å². The lowest BCUT2D eigenvalue weighted by Crippen LogP contribution is -2.14. The second-order valence-corrected chi connectivity index (χ2v) is 9.29. The Kier molecular flexibility index (Phi) is 6.61. The number of amides is 1. The molecule has 3 aromatic rings. The average Bonchev–Trinajstić information content (AvgIpc) is 2.69. The molecule has 0 saturated heterocycles. The lowest BCUT2D eigenvalue weighted by atomic mass is 10.1. The predicted octanol–water partition coefficient (Wildman–Crippen LogP) is 5.05. The lowest BCUT2D eigenvalue weighted by Gasteiger charge is -2.12. The standard InChI is InChI=1S/C22H22N2O3S2/c1-16-14-18(15-28-20-6-4-3-5-7-20)8-13-22(16)24-29(26,27)21-11-9-19(10-12-21)23-17(2)25/h3-14,24H,15H2,1-2H3,(H,23,25). The maximum Gasteiger partial charge on any atom is 0.261 e. The van der Waals surface area contributed by atoms with Gasteiger partial charge in [-0.2, -0.15) is 0 Å². The van der Waals surface area contributed by atoms with Crippen molar-refractivity contribution < 1.29 is 13.2 Å². The molecule has 3 aromatic carbocycles. The van der Waals surface area contributed by atoms with Crippen LogP contribution in [0, 0.1) is 6.92 Å². The first-order chi connectivity index (χ1) is 13.8. The molecule has 0 aliphatic rings. The summed E-state index contributed by atoms with van der Waals surface area (Å²) in [7, 11) is -3.72. The predicted molar refractivity (Wildman–Crippen MR) is 119 cm³/mol. The molecule has 3 rings (SSSR count). The second-order valence-electron chi connectivity index (χ2n) is 6.56. The number of thioether (sulfide) groups is 1. The normalized spacial score (nSPS) is 11.1. The zero-order valence-corrected chi connectivity index (χ0v) is 17.8. The van der Waals surface area contributed by atoms with Crippen molar-refractivity contribution in [1.29, 1.82) is 0 Å². The first kappa shape index (κ1) is 21.0. The number of hydrogen-bond donors (Lipinski definition) is 2. The van der Waals surface area contributed by atoms with Crippen LogP contribution >= 0.6 is 11.8 Å². The van der Waals surface area contributed by atoms with E-state index in [-0.39, 0.29) is 10.8 Å². The number of sulfonamides is 1. The van der Waals surface area contributed by atoms with Gasteiger partial charge in [0.15, 0.2) is 0 Å². The largest absolute Gasteiger partial charge is 0.326 e.